The molecule has 1 aromatic rings. The van der Waals surface area contributed by atoms with Gasteiger partial charge in [0.2, 0.25) is 11.8 Å². The normalized spacial score (nSPS) is 26.2. The van der Waals surface area contributed by atoms with Crippen LogP contribution in [0.1, 0.15) is 64.9 Å². The standard InChI is InChI=1S/C24H34N2O4/c1-24(2,3)23(29)26-19-13-7-11-17(19)21(27)25-20-14-8-12-18(20)22(28)30-15-16-9-5-4-6-10-16/h4-6,9-10,17-20H,7-8,11-15H2,1-3H3,(H,25,27)(H,26,29). The Morgan fingerprint density at radius 3 is 2.13 bits per heavy atom. The van der Waals surface area contributed by atoms with Crippen LogP contribution in [0, 0.1) is 17.3 Å². The molecule has 4 unspecified atom stereocenters. The van der Waals surface area contributed by atoms with E-state index in [2.05, 4.69) is 10.6 Å². The number of hydrogen-bond donors (Lipinski definition) is 2. The molecule has 30 heavy (non-hydrogen) atoms. The number of carbonyl (C=O) groups is 3. The van der Waals surface area contributed by atoms with Crippen LogP contribution in [0.5, 0.6) is 0 Å². The van der Waals surface area contributed by atoms with Crippen LogP contribution < -0.4 is 10.6 Å². The van der Waals surface area contributed by atoms with E-state index >= 15 is 0 Å². The number of esters is 1. The number of benzene rings is 1. The fourth-order valence-corrected chi connectivity index (χ4v) is 4.37. The SMILES string of the molecule is CC(C)(C)C(=O)NC1CCCC1C(=O)NC1CCCC1C(=O)OCc1ccccc1. The summed E-state index contributed by atoms with van der Waals surface area (Å²) in [5.41, 5.74) is 0.468. The summed E-state index contributed by atoms with van der Waals surface area (Å²) in [6.07, 6.45) is 4.89. The summed E-state index contributed by atoms with van der Waals surface area (Å²) in [6.45, 7) is 5.87. The van der Waals surface area contributed by atoms with Crippen molar-refractivity contribution in [3.63, 3.8) is 0 Å². The van der Waals surface area contributed by atoms with Crippen LogP contribution in [-0.4, -0.2) is 29.9 Å². The maximum absolute atomic E-state index is 13.0. The molecule has 2 fully saturated rings. The van der Waals surface area contributed by atoms with E-state index in [0.29, 0.717) is 0 Å². The van der Waals surface area contributed by atoms with Gasteiger partial charge in [0.25, 0.3) is 0 Å². The Kier molecular flexibility index (Phi) is 7.16. The molecular weight excluding hydrogens is 380 g/mol. The zero-order valence-corrected chi connectivity index (χ0v) is 18.3. The first-order valence-electron chi connectivity index (χ1n) is 11.1. The van der Waals surface area contributed by atoms with Crippen LogP contribution in [0.2, 0.25) is 0 Å². The first kappa shape index (κ1) is 22.3. The van der Waals surface area contributed by atoms with E-state index in [-0.39, 0.29) is 48.3 Å². The molecule has 2 aliphatic carbocycles. The highest BCUT2D eigenvalue weighted by atomic mass is 16.5. The van der Waals surface area contributed by atoms with Gasteiger partial charge in [0.1, 0.15) is 6.61 Å². The molecule has 2 amide bonds. The van der Waals surface area contributed by atoms with Gasteiger partial charge in [-0.2, -0.15) is 0 Å². The quantitative estimate of drug-likeness (QED) is 0.699. The summed E-state index contributed by atoms with van der Waals surface area (Å²) >= 11 is 0. The van der Waals surface area contributed by atoms with E-state index in [9.17, 15) is 14.4 Å². The van der Waals surface area contributed by atoms with Gasteiger partial charge in [0.15, 0.2) is 0 Å². The Hall–Kier alpha value is -2.37. The van der Waals surface area contributed by atoms with E-state index in [1.165, 1.54) is 0 Å². The lowest BCUT2D eigenvalue weighted by Gasteiger charge is -2.27. The fourth-order valence-electron chi connectivity index (χ4n) is 4.37. The third kappa shape index (κ3) is 5.61. The zero-order valence-electron chi connectivity index (χ0n) is 18.3. The molecule has 0 saturated heterocycles. The third-order valence-electron chi connectivity index (χ3n) is 6.22. The summed E-state index contributed by atoms with van der Waals surface area (Å²) in [6, 6.07) is 9.27. The van der Waals surface area contributed by atoms with E-state index in [1.54, 1.807) is 0 Å². The number of carbonyl (C=O) groups excluding carboxylic acids is 3. The molecule has 0 heterocycles. The topological polar surface area (TPSA) is 84.5 Å². The van der Waals surface area contributed by atoms with E-state index in [4.69, 9.17) is 4.74 Å². The van der Waals surface area contributed by atoms with Gasteiger partial charge in [-0.05, 0) is 31.2 Å². The van der Waals surface area contributed by atoms with Gasteiger partial charge in [-0.1, -0.05) is 63.9 Å². The van der Waals surface area contributed by atoms with Crippen molar-refractivity contribution in [1.82, 2.24) is 10.6 Å². The van der Waals surface area contributed by atoms with Crippen LogP contribution in [0.25, 0.3) is 0 Å². The van der Waals surface area contributed by atoms with E-state index in [1.807, 2.05) is 51.1 Å². The Balaban J connectivity index is 1.54. The highest BCUT2D eigenvalue weighted by Crippen LogP contribution is 2.31. The number of rotatable bonds is 6. The van der Waals surface area contributed by atoms with Gasteiger partial charge >= 0.3 is 5.97 Å². The second-order valence-corrected chi connectivity index (χ2v) is 9.61. The molecule has 1 aromatic carbocycles. The molecule has 2 saturated carbocycles. The summed E-state index contributed by atoms with van der Waals surface area (Å²) in [7, 11) is 0. The van der Waals surface area contributed by atoms with Crippen molar-refractivity contribution in [3.05, 3.63) is 35.9 Å². The Labute approximate surface area is 179 Å². The van der Waals surface area contributed by atoms with Crippen LogP contribution in [0.4, 0.5) is 0 Å². The molecule has 6 nitrogen and oxygen atoms in total. The molecule has 0 aliphatic heterocycles. The highest BCUT2D eigenvalue weighted by molar-refractivity contribution is 5.85. The summed E-state index contributed by atoms with van der Waals surface area (Å²) in [4.78, 5) is 38.0. The van der Waals surface area contributed by atoms with Crippen LogP contribution >= 0.6 is 0 Å². The number of hydrogen-bond acceptors (Lipinski definition) is 4. The zero-order chi connectivity index (χ0) is 21.7. The Bertz CT molecular complexity index is 756. The molecule has 0 spiro atoms. The van der Waals surface area contributed by atoms with Crippen molar-refractivity contribution >= 4 is 17.8 Å². The minimum Gasteiger partial charge on any atom is -0.461 e. The average molecular weight is 415 g/mol. The lowest BCUT2D eigenvalue weighted by Crippen LogP contribution is -2.50. The van der Waals surface area contributed by atoms with Gasteiger partial charge in [0, 0.05) is 17.5 Å². The summed E-state index contributed by atoms with van der Waals surface area (Å²) in [5, 5.41) is 6.16. The maximum atomic E-state index is 13.0. The predicted molar refractivity (Wildman–Crippen MR) is 114 cm³/mol. The molecule has 0 radical (unpaired) electrons. The second-order valence-electron chi connectivity index (χ2n) is 9.61. The minimum atomic E-state index is -0.483. The number of ether oxygens (including phenoxy) is 1. The molecular formula is C24H34N2O4. The first-order valence-corrected chi connectivity index (χ1v) is 11.1. The van der Waals surface area contributed by atoms with Gasteiger partial charge < -0.3 is 15.4 Å². The molecule has 0 aromatic heterocycles. The smallest absolute Gasteiger partial charge is 0.311 e. The highest BCUT2D eigenvalue weighted by Gasteiger charge is 2.40. The van der Waals surface area contributed by atoms with Crippen LogP contribution in [-0.2, 0) is 25.7 Å². The van der Waals surface area contributed by atoms with Crippen molar-refractivity contribution in [2.75, 3.05) is 0 Å². The molecule has 164 valence electrons. The average Bonchev–Trinajstić information content (AvgIpc) is 3.35. The molecule has 2 N–H and O–H groups in total. The largest absolute Gasteiger partial charge is 0.461 e. The first-order chi connectivity index (χ1) is 14.3. The molecule has 0 bridgehead atoms. The van der Waals surface area contributed by atoms with Crippen molar-refractivity contribution in [3.8, 4) is 0 Å². The van der Waals surface area contributed by atoms with Crippen molar-refractivity contribution in [2.24, 2.45) is 17.3 Å². The summed E-state index contributed by atoms with van der Waals surface area (Å²) < 4.78 is 5.51. The lowest BCUT2D eigenvalue weighted by atomic mass is 9.93. The van der Waals surface area contributed by atoms with Gasteiger partial charge in [-0.15, -0.1) is 0 Å². The number of nitrogens with one attached hydrogen (secondary N) is 2. The third-order valence-corrected chi connectivity index (χ3v) is 6.22. The van der Waals surface area contributed by atoms with Gasteiger partial charge in [-0.3, -0.25) is 14.4 Å². The van der Waals surface area contributed by atoms with Gasteiger partial charge in [-0.25, -0.2) is 0 Å². The minimum absolute atomic E-state index is 0.0320. The lowest BCUT2D eigenvalue weighted by molar-refractivity contribution is -0.150. The predicted octanol–water partition coefficient (Wildman–Crippen LogP) is 3.35. The van der Waals surface area contributed by atoms with E-state index in [0.717, 1.165) is 44.1 Å². The van der Waals surface area contributed by atoms with E-state index < -0.39 is 5.41 Å². The molecule has 6 heteroatoms. The maximum Gasteiger partial charge on any atom is 0.311 e. The fraction of sp³-hybridized carbons (Fsp3) is 0.625. The van der Waals surface area contributed by atoms with Crippen molar-refractivity contribution < 1.29 is 19.1 Å². The number of amides is 2. The van der Waals surface area contributed by atoms with Crippen LogP contribution in [0.15, 0.2) is 30.3 Å². The Morgan fingerprint density at radius 2 is 1.50 bits per heavy atom. The van der Waals surface area contributed by atoms with Crippen LogP contribution in [0.3, 0.4) is 0 Å². The monoisotopic (exact) mass is 414 g/mol. The molecule has 4 atom stereocenters. The molecule has 2 aliphatic rings. The van der Waals surface area contributed by atoms with Crippen molar-refractivity contribution in [1.29, 1.82) is 0 Å². The van der Waals surface area contributed by atoms with Gasteiger partial charge in [0.05, 0.1) is 11.8 Å². The Morgan fingerprint density at radius 1 is 0.900 bits per heavy atom. The second kappa shape index (κ2) is 9.63. The van der Waals surface area contributed by atoms with Crippen molar-refractivity contribution in [2.45, 2.75) is 78.0 Å². The summed E-state index contributed by atoms with van der Waals surface area (Å²) in [5.74, 6) is -0.875. The molecule has 3 rings (SSSR count).